The number of hydrogen-bond acceptors (Lipinski definition) is 3. The lowest BCUT2D eigenvalue weighted by Gasteiger charge is -2.56. The second kappa shape index (κ2) is 5.34. The molecule has 1 aliphatic heterocycles. The number of carboxylic acid groups (broad SMARTS) is 1. The smallest absolute Gasteiger partial charge is 0.314 e. The van der Waals surface area contributed by atoms with Crippen LogP contribution in [0.25, 0.3) is 0 Å². The van der Waals surface area contributed by atoms with Gasteiger partial charge in [-0.1, -0.05) is 12.1 Å². The van der Waals surface area contributed by atoms with E-state index in [0.717, 1.165) is 50.2 Å². The molecule has 2 aliphatic rings. The third-order valence-electron chi connectivity index (χ3n) is 5.03. The van der Waals surface area contributed by atoms with Crippen LogP contribution in [0.5, 0.6) is 5.75 Å². The molecule has 0 aromatic heterocycles. The summed E-state index contributed by atoms with van der Waals surface area (Å²) in [4.78, 5) is 11.9. The summed E-state index contributed by atoms with van der Waals surface area (Å²) in [6.45, 7) is 4.08. The van der Waals surface area contributed by atoms with Crippen molar-refractivity contribution in [2.75, 3.05) is 19.8 Å². The Morgan fingerprint density at radius 1 is 1.24 bits per heavy atom. The van der Waals surface area contributed by atoms with Crippen molar-refractivity contribution in [2.45, 2.75) is 38.0 Å². The van der Waals surface area contributed by atoms with Crippen molar-refractivity contribution in [3.63, 3.8) is 0 Å². The molecule has 1 saturated heterocycles. The number of ether oxygens (including phenoxy) is 2. The summed E-state index contributed by atoms with van der Waals surface area (Å²) >= 11 is 0. The summed E-state index contributed by atoms with van der Waals surface area (Å²) < 4.78 is 10.8. The van der Waals surface area contributed by atoms with Gasteiger partial charge in [0, 0.05) is 13.2 Å². The fourth-order valence-corrected chi connectivity index (χ4v) is 3.90. The fourth-order valence-electron chi connectivity index (χ4n) is 3.90. The van der Waals surface area contributed by atoms with Crippen LogP contribution < -0.4 is 4.74 Å². The zero-order valence-corrected chi connectivity index (χ0v) is 12.4. The zero-order chi connectivity index (χ0) is 14.9. The van der Waals surface area contributed by atoms with Gasteiger partial charge in [-0.3, -0.25) is 4.79 Å². The third kappa shape index (κ3) is 2.42. The third-order valence-corrected chi connectivity index (χ3v) is 5.03. The lowest BCUT2D eigenvalue weighted by Crippen LogP contribution is -2.56. The van der Waals surface area contributed by atoms with Gasteiger partial charge in [-0.15, -0.1) is 0 Å². The van der Waals surface area contributed by atoms with Gasteiger partial charge in [0.2, 0.25) is 0 Å². The molecular formula is C17H22O4. The van der Waals surface area contributed by atoms with Crippen LogP contribution in [-0.2, 0) is 14.9 Å². The Morgan fingerprint density at radius 2 is 1.86 bits per heavy atom. The van der Waals surface area contributed by atoms with Gasteiger partial charge in [0.15, 0.2) is 0 Å². The molecule has 3 rings (SSSR count). The van der Waals surface area contributed by atoms with Crippen molar-refractivity contribution in [1.29, 1.82) is 0 Å². The van der Waals surface area contributed by atoms with Gasteiger partial charge in [0.25, 0.3) is 0 Å². The summed E-state index contributed by atoms with van der Waals surface area (Å²) in [5.74, 6) is 0.0886. The van der Waals surface area contributed by atoms with Crippen molar-refractivity contribution < 1.29 is 19.4 Å². The molecule has 0 radical (unpaired) electrons. The average Bonchev–Trinajstić information content (AvgIpc) is 2.46. The summed E-state index contributed by atoms with van der Waals surface area (Å²) in [7, 11) is 0. The quantitative estimate of drug-likeness (QED) is 0.926. The molecular weight excluding hydrogens is 268 g/mol. The number of hydrogen-bond donors (Lipinski definition) is 1. The Balaban J connectivity index is 1.81. The Kier molecular flexibility index (Phi) is 3.66. The van der Waals surface area contributed by atoms with E-state index < -0.39 is 11.4 Å². The van der Waals surface area contributed by atoms with Crippen LogP contribution in [0.2, 0.25) is 0 Å². The highest BCUT2D eigenvalue weighted by atomic mass is 16.5. The molecule has 1 spiro atoms. The number of carbonyl (C=O) groups is 1. The molecule has 0 amide bonds. The van der Waals surface area contributed by atoms with Crippen LogP contribution in [0, 0.1) is 5.41 Å². The zero-order valence-electron chi connectivity index (χ0n) is 12.4. The first kappa shape index (κ1) is 14.4. The van der Waals surface area contributed by atoms with Gasteiger partial charge < -0.3 is 14.6 Å². The molecule has 0 bridgehead atoms. The first-order valence-electron chi connectivity index (χ1n) is 7.65. The van der Waals surface area contributed by atoms with E-state index in [-0.39, 0.29) is 5.41 Å². The van der Waals surface area contributed by atoms with Crippen molar-refractivity contribution in [2.24, 2.45) is 5.41 Å². The van der Waals surface area contributed by atoms with E-state index in [1.54, 1.807) is 0 Å². The van der Waals surface area contributed by atoms with Crippen molar-refractivity contribution in [1.82, 2.24) is 0 Å². The second-order valence-corrected chi connectivity index (χ2v) is 6.31. The van der Waals surface area contributed by atoms with Gasteiger partial charge in [0.05, 0.1) is 12.0 Å². The first-order valence-corrected chi connectivity index (χ1v) is 7.65. The SMILES string of the molecule is CCOc1ccc(C2(C(=O)O)CC3(CCOCC3)C2)cc1. The normalized spacial score (nSPS) is 22.5. The minimum Gasteiger partial charge on any atom is -0.494 e. The minimum absolute atomic E-state index is 0.176. The van der Waals surface area contributed by atoms with Crippen LogP contribution in [0.15, 0.2) is 24.3 Å². The summed E-state index contributed by atoms with van der Waals surface area (Å²) in [5.41, 5.74) is 0.354. The molecule has 1 aliphatic carbocycles. The van der Waals surface area contributed by atoms with Crippen LogP contribution in [0.1, 0.15) is 38.2 Å². The largest absolute Gasteiger partial charge is 0.494 e. The molecule has 1 heterocycles. The molecule has 21 heavy (non-hydrogen) atoms. The average molecular weight is 290 g/mol. The van der Waals surface area contributed by atoms with Gasteiger partial charge in [-0.05, 0) is 55.7 Å². The van der Waals surface area contributed by atoms with E-state index in [9.17, 15) is 9.90 Å². The molecule has 1 aromatic rings. The predicted molar refractivity (Wildman–Crippen MR) is 78.6 cm³/mol. The number of carboxylic acids is 1. The molecule has 114 valence electrons. The number of benzene rings is 1. The Bertz CT molecular complexity index is 506. The fraction of sp³-hybridized carbons (Fsp3) is 0.588. The molecule has 0 atom stereocenters. The van der Waals surface area contributed by atoms with Crippen LogP contribution in [0.4, 0.5) is 0 Å². The van der Waals surface area contributed by atoms with E-state index in [1.807, 2.05) is 31.2 Å². The van der Waals surface area contributed by atoms with E-state index in [4.69, 9.17) is 9.47 Å². The highest BCUT2D eigenvalue weighted by molar-refractivity contribution is 5.83. The number of aliphatic carboxylic acids is 1. The molecule has 1 N–H and O–H groups in total. The molecule has 4 heteroatoms. The monoisotopic (exact) mass is 290 g/mol. The molecule has 4 nitrogen and oxygen atoms in total. The number of rotatable bonds is 4. The Morgan fingerprint density at radius 3 is 2.38 bits per heavy atom. The Labute approximate surface area is 125 Å². The van der Waals surface area contributed by atoms with Gasteiger partial charge in [-0.2, -0.15) is 0 Å². The van der Waals surface area contributed by atoms with Crippen molar-refractivity contribution in [3.8, 4) is 5.75 Å². The minimum atomic E-state index is -0.720. The van der Waals surface area contributed by atoms with E-state index in [1.165, 1.54) is 0 Å². The lowest BCUT2D eigenvalue weighted by molar-refractivity contribution is -0.160. The summed E-state index contributed by atoms with van der Waals surface area (Å²) in [6, 6.07) is 7.56. The molecule has 1 saturated carbocycles. The summed E-state index contributed by atoms with van der Waals surface area (Å²) in [6.07, 6.45) is 3.43. The van der Waals surface area contributed by atoms with Crippen molar-refractivity contribution >= 4 is 5.97 Å². The molecule has 0 unspecified atom stereocenters. The van der Waals surface area contributed by atoms with Gasteiger partial charge in [-0.25, -0.2) is 0 Å². The standard InChI is InChI=1S/C17H22O4/c1-2-21-14-5-3-13(4-6-14)17(15(18)19)11-16(12-17)7-9-20-10-8-16/h3-6H,2,7-12H2,1H3,(H,18,19). The van der Waals surface area contributed by atoms with Crippen molar-refractivity contribution in [3.05, 3.63) is 29.8 Å². The highest BCUT2D eigenvalue weighted by Crippen LogP contribution is 2.60. The van der Waals surface area contributed by atoms with Crippen LogP contribution in [-0.4, -0.2) is 30.9 Å². The maximum absolute atomic E-state index is 11.9. The van der Waals surface area contributed by atoms with E-state index in [2.05, 4.69) is 0 Å². The van der Waals surface area contributed by atoms with E-state index >= 15 is 0 Å². The van der Waals surface area contributed by atoms with Gasteiger partial charge >= 0.3 is 5.97 Å². The maximum Gasteiger partial charge on any atom is 0.314 e. The molecule has 2 fully saturated rings. The predicted octanol–water partition coefficient (Wildman–Crippen LogP) is 3.00. The topological polar surface area (TPSA) is 55.8 Å². The van der Waals surface area contributed by atoms with E-state index in [0.29, 0.717) is 6.61 Å². The molecule has 1 aromatic carbocycles. The van der Waals surface area contributed by atoms with Crippen LogP contribution >= 0.6 is 0 Å². The lowest BCUT2D eigenvalue weighted by atomic mass is 9.48. The van der Waals surface area contributed by atoms with Crippen LogP contribution in [0.3, 0.4) is 0 Å². The summed E-state index contributed by atoms with van der Waals surface area (Å²) in [5, 5.41) is 9.76. The highest BCUT2D eigenvalue weighted by Gasteiger charge is 2.59. The second-order valence-electron chi connectivity index (χ2n) is 6.31. The Hall–Kier alpha value is -1.55. The maximum atomic E-state index is 11.9. The first-order chi connectivity index (χ1) is 10.1. The van der Waals surface area contributed by atoms with Gasteiger partial charge in [0.1, 0.15) is 5.75 Å².